The predicted octanol–water partition coefficient (Wildman–Crippen LogP) is -4.29. The maximum atomic E-state index is 14.8. The average molecular weight is 1140 g/mol. The Bertz CT molecular complexity index is 2640. The van der Waals surface area contributed by atoms with Crippen LogP contribution in [0.1, 0.15) is 71.9 Å². The van der Waals surface area contributed by atoms with E-state index < -0.39 is 171 Å². The first-order chi connectivity index (χ1) is 37.8. The molecule has 0 unspecified atom stereocenters. The molecule has 5 heterocycles. The zero-order valence-corrected chi connectivity index (χ0v) is 46.7. The van der Waals surface area contributed by atoms with Crippen LogP contribution in [-0.2, 0) is 60.9 Å². The van der Waals surface area contributed by atoms with Gasteiger partial charge in [-0.1, -0.05) is 27.2 Å². The lowest BCUT2D eigenvalue weighted by molar-refractivity contribution is -0.144. The Balaban J connectivity index is 1.47. The van der Waals surface area contributed by atoms with Gasteiger partial charge in [0.1, 0.15) is 47.6 Å². The van der Waals surface area contributed by atoms with Crippen LogP contribution in [-0.4, -0.2) is 225 Å². The third-order valence-corrected chi connectivity index (χ3v) is 15.7. The summed E-state index contributed by atoms with van der Waals surface area (Å²) < 4.78 is 5.34. The number of aromatic hydroxyl groups is 1. The van der Waals surface area contributed by atoms with Gasteiger partial charge in [0, 0.05) is 87.8 Å². The number of aromatic amines is 1. The number of H-pyrrole nitrogens is 1. The van der Waals surface area contributed by atoms with Crippen molar-refractivity contribution in [2.24, 2.45) is 17.6 Å². The van der Waals surface area contributed by atoms with Gasteiger partial charge in [0.05, 0.1) is 48.9 Å². The minimum absolute atomic E-state index is 0.106. The van der Waals surface area contributed by atoms with Crippen molar-refractivity contribution in [1.82, 2.24) is 62.2 Å². The van der Waals surface area contributed by atoms with E-state index in [0.29, 0.717) is 67.7 Å². The van der Waals surface area contributed by atoms with Crippen LogP contribution in [0.25, 0.3) is 10.9 Å². The quantitative estimate of drug-likeness (QED) is 0.0956. The highest BCUT2D eigenvalue weighted by molar-refractivity contribution is 7.99. The molecule has 4 aliphatic heterocycles. The third-order valence-electron chi connectivity index (χ3n) is 14.6. The summed E-state index contributed by atoms with van der Waals surface area (Å²) in [6.07, 6.45) is -4.71. The fraction of sp³-hybridized carbons (Fsp3) is 0.647. The fourth-order valence-corrected chi connectivity index (χ4v) is 11.0. The van der Waals surface area contributed by atoms with Crippen LogP contribution in [0.2, 0.25) is 0 Å². The highest BCUT2D eigenvalue weighted by atomic mass is 32.2. The third kappa shape index (κ3) is 16.4. The van der Waals surface area contributed by atoms with E-state index in [4.69, 9.17) is 10.5 Å². The molecule has 4 aliphatic rings. The van der Waals surface area contributed by atoms with Crippen molar-refractivity contribution in [3.05, 3.63) is 23.3 Å². The Labute approximate surface area is 466 Å². The van der Waals surface area contributed by atoms with Crippen molar-refractivity contribution in [3.8, 4) is 5.75 Å². The maximum Gasteiger partial charge on any atom is 0.407 e. The smallest absolute Gasteiger partial charge is 0.407 e. The number of thioether (sulfide) groups is 1. The number of ether oxygens (including phenoxy) is 1. The van der Waals surface area contributed by atoms with Gasteiger partial charge in [-0.3, -0.25) is 53.0 Å². The van der Waals surface area contributed by atoms with Gasteiger partial charge in [-0.05, 0) is 44.4 Å². The largest absolute Gasteiger partial charge is 0.508 e. The van der Waals surface area contributed by atoms with E-state index in [0.717, 1.165) is 16.7 Å². The van der Waals surface area contributed by atoms with E-state index in [-0.39, 0.29) is 23.1 Å². The molecule has 0 spiro atoms. The number of hydrogen-bond donors (Lipinski definition) is 14. The second kappa shape index (κ2) is 27.6. The lowest BCUT2D eigenvalue weighted by Crippen LogP contribution is -2.62. The van der Waals surface area contributed by atoms with E-state index in [1.165, 1.54) is 13.0 Å². The summed E-state index contributed by atoms with van der Waals surface area (Å²) in [4.78, 5) is 147. The molecule has 29 heteroatoms. The molecule has 0 aliphatic carbocycles. The Morgan fingerprint density at radius 2 is 1.51 bits per heavy atom. The van der Waals surface area contributed by atoms with E-state index in [9.17, 15) is 68.4 Å². The van der Waals surface area contributed by atoms with Gasteiger partial charge in [0.25, 0.3) is 0 Å². The number of nitrogens with two attached hydrogens (primary N) is 1. The number of carbonyl (C=O) groups is 10. The SMILES string of the molecule is CC[C@H](C)[C@@H]1NC(=O)CNC(=O)[C@H]2Cc3c([nH]c4c(CN5CCN(CCNC(=O)OC(C)(C)C)CC5)c(O)ccc34)SC[C@H](NC(=O)CNC1=O)C(=O)N[C@@H](CC(N)=O)C(=O)N1C[C@H](O)C[C@H]1C(=O)N[C@@H]([C@@H](C)[C@@H](O)CO)C(=O)N2. The summed E-state index contributed by atoms with van der Waals surface area (Å²) in [6, 6.07) is -6.49. The first-order valence-electron chi connectivity index (χ1n) is 26.8. The molecule has 10 atom stereocenters. The predicted molar refractivity (Wildman–Crippen MR) is 288 cm³/mol. The lowest BCUT2D eigenvalue weighted by atomic mass is 9.93. The summed E-state index contributed by atoms with van der Waals surface area (Å²) in [7, 11) is 0. The van der Waals surface area contributed by atoms with Crippen molar-refractivity contribution < 1.29 is 73.1 Å². The number of phenolic OH excluding ortho intramolecular Hbond substituents is 1. The van der Waals surface area contributed by atoms with Crippen LogP contribution in [0.15, 0.2) is 17.2 Å². The molecular formula is C51H77N13O15S. The molecule has 0 saturated carbocycles. The summed E-state index contributed by atoms with van der Waals surface area (Å²) in [5, 5.41) is 64.8. The first-order valence-corrected chi connectivity index (χ1v) is 27.8. The second-order valence-electron chi connectivity index (χ2n) is 21.8. The number of benzene rings is 1. The summed E-state index contributed by atoms with van der Waals surface area (Å²) >= 11 is 0.958. The first kappa shape index (κ1) is 62.4. The maximum absolute atomic E-state index is 14.8. The van der Waals surface area contributed by atoms with Gasteiger partial charge in [-0.2, -0.15) is 0 Å². The van der Waals surface area contributed by atoms with E-state index >= 15 is 0 Å². The number of nitrogens with zero attached hydrogens (tertiary/aromatic N) is 3. The number of carbonyl (C=O) groups excluding carboxylic acids is 10. The van der Waals surface area contributed by atoms with Gasteiger partial charge >= 0.3 is 6.09 Å². The van der Waals surface area contributed by atoms with Crippen LogP contribution >= 0.6 is 11.8 Å². The number of aromatic nitrogens is 1. The fourth-order valence-electron chi connectivity index (χ4n) is 9.87. The lowest BCUT2D eigenvalue weighted by Gasteiger charge is -2.35. The van der Waals surface area contributed by atoms with Crippen molar-refractivity contribution in [1.29, 1.82) is 0 Å². The highest BCUT2D eigenvalue weighted by Gasteiger charge is 2.45. The van der Waals surface area contributed by atoms with Crippen molar-refractivity contribution >= 4 is 81.9 Å². The van der Waals surface area contributed by atoms with Gasteiger partial charge in [-0.15, -0.1) is 11.8 Å². The van der Waals surface area contributed by atoms with Crippen LogP contribution in [0, 0.1) is 11.8 Å². The highest BCUT2D eigenvalue weighted by Crippen LogP contribution is 2.37. The molecule has 0 radical (unpaired) electrons. The van der Waals surface area contributed by atoms with Gasteiger partial charge in [-0.25, -0.2) is 4.79 Å². The minimum Gasteiger partial charge on any atom is -0.508 e. The second-order valence-corrected chi connectivity index (χ2v) is 22.8. The Morgan fingerprint density at radius 3 is 2.16 bits per heavy atom. The summed E-state index contributed by atoms with van der Waals surface area (Å²) in [6.45, 7) is 10.7. The van der Waals surface area contributed by atoms with Gasteiger partial charge in [0.15, 0.2) is 0 Å². The van der Waals surface area contributed by atoms with E-state index in [1.807, 2.05) is 0 Å². The molecule has 442 valence electrons. The number of primary amides is 1. The zero-order chi connectivity index (χ0) is 58.7. The Kier molecular flexibility index (Phi) is 21.5. The van der Waals surface area contributed by atoms with Crippen LogP contribution in [0.5, 0.6) is 5.75 Å². The van der Waals surface area contributed by atoms with Gasteiger partial charge < -0.3 is 83.3 Å². The molecule has 28 nitrogen and oxygen atoms in total. The number of aliphatic hydroxyl groups is 3. The number of fused-ring (bicyclic) bond motifs is 5. The normalized spacial score (nSPS) is 26.0. The number of piperazine rings is 1. The monoisotopic (exact) mass is 1140 g/mol. The molecule has 10 amide bonds. The standard InChI is InChI=1S/C51H77N13O15S/c1-7-25(2)40-46(75)55-19-38(70)56-33-24-80-48-29(28-8-9-35(67)30(42(28)61-48)22-63-14-12-62(13-15-63)11-10-53-50(78)79-51(4,5)6)17-31(43(72)54-20-39(71)59-40)57-47(76)41(26(3)36(68)23-65)60-45(74)34-16-27(66)21-64(34)49(77)32(18-37(52)69)58-44(33)73/h8-9,25-27,31-34,36,40-41,61,65-68H,7,10-24H2,1-6H3,(H2,52,69)(H,53,78)(H,54,72)(H,55,75)(H,56,70)(H,57,76)(H,58,73)(H,59,71)(H,60,74)/t25-,26-,27+,31+,32-,33-,34-,36-,40-,41-/m0/s1. The topological polar surface area (TPSA) is 409 Å². The average Bonchev–Trinajstić information content (AvgIpc) is 4.05. The number of nitrogens with one attached hydrogen (secondary N) is 9. The number of hydrogen-bond acceptors (Lipinski definition) is 18. The van der Waals surface area contributed by atoms with E-state index in [1.54, 1.807) is 40.7 Å². The number of rotatable bonds is 12. The minimum atomic E-state index is -1.78. The molecule has 80 heavy (non-hydrogen) atoms. The number of phenols is 1. The summed E-state index contributed by atoms with van der Waals surface area (Å²) in [5.41, 5.74) is 6.09. The summed E-state index contributed by atoms with van der Waals surface area (Å²) in [5.74, 6) is -10.9. The van der Waals surface area contributed by atoms with Crippen molar-refractivity contribution in [3.63, 3.8) is 0 Å². The molecule has 1 aromatic heterocycles. The molecule has 1 aromatic carbocycles. The van der Waals surface area contributed by atoms with Crippen molar-refractivity contribution in [2.45, 2.75) is 133 Å². The number of amides is 10. The number of alkyl carbamates (subject to hydrolysis) is 1. The number of aliphatic hydroxyl groups excluding tert-OH is 3. The molecule has 15 N–H and O–H groups in total. The molecule has 2 saturated heterocycles. The molecule has 2 fully saturated rings. The Morgan fingerprint density at radius 1 is 0.850 bits per heavy atom. The molecule has 2 aromatic rings. The van der Waals surface area contributed by atoms with Crippen LogP contribution in [0.3, 0.4) is 0 Å². The van der Waals surface area contributed by atoms with Crippen LogP contribution < -0.4 is 48.3 Å². The molecule has 6 rings (SSSR count). The van der Waals surface area contributed by atoms with Crippen molar-refractivity contribution in [2.75, 3.05) is 71.3 Å². The van der Waals surface area contributed by atoms with E-state index in [2.05, 4.69) is 57.3 Å². The van der Waals surface area contributed by atoms with Crippen LogP contribution in [0.4, 0.5) is 4.79 Å². The molecular weight excluding hydrogens is 1070 g/mol. The van der Waals surface area contributed by atoms with Gasteiger partial charge in [0.2, 0.25) is 53.2 Å². The molecule has 2 bridgehead atoms. The Hall–Kier alpha value is -6.79. The zero-order valence-electron chi connectivity index (χ0n) is 45.8.